The number of nitrogens with one attached hydrogen (secondary N) is 3. The Kier molecular flexibility index (Phi) is 7.27. The molecule has 0 bridgehead atoms. The summed E-state index contributed by atoms with van der Waals surface area (Å²) in [5, 5.41) is 5.69. The van der Waals surface area contributed by atoms with Crippen molar-refractivity contribution in [3.05, 3.63) is 89.0 Å². The molecule has 0 unspecified atom stereocenters. The maximum atomic E-state index is 12.7. The zero-order valence-corrected chi connectivity index (χ0v) is 19.7. The number of sulfonamides is 1. The summed E-state index contributed by atoms with van der Waals surface area (Å²) in [4.78, 5) is 12.4. The van der Waals surface area contributed by atoms with E-state index in [2.05, 4.69) is 15.4 Å². The van der Waals surface area contributed by atoms with Gasteiger partial charge in [0.1, 0.15) is 0 Å². The fourth-order valence-electron chi connectivity index (χ4n) is 3.16. The fraction of sp³-hybridized carbons (Fsp3) is 0.167. The number of hydrogen-bond acceptors (Lipinski definition) is 4. The van der Waals surface area contributed by atoms with Gasteiger partial charge >= 0.3 is 0 Å². The van der Waals surface area contributed by atoms with Gasteiger partial charge in [-0.15, -0.1) is 0 Å². The molecule has 3 aromatic rings. The molecule has 166 valence electrons. The first-order valence-corrected chi connectivity index (χ1v) is 11.9. The predicted octanol–water partition coefficient (Wildman–Crippen LogP) is 4.47. The van der Waals surface area contributed by atoms with Crippen LogP contribution in [0.3, 0.4) is 0 Å². The fourth-order valence-corrected chi connectivity index (χ4v) is 4.53. The minimum atomic E-state index is -3.73. The molecule has 0 heterocycles. The van der Waals surface area contributed by atoms with Gasteiger partial charge in [-0.25, -0.2) is 8.42 Å². The number of carbonyl (C=O) groups excluding carboxylic acids is 1. The summed E-state index contributed by atoms with van der Waals surface area (Å²) in [5.74, 6) is -0.228. The van der Waals surface area contributed by atoms with Crippen LogP contribution in [0.2, 0.25) is 0 Å². The molecule has 3 rings (SSSR count). The number of benzene rings is 3. The first-order valence-electron chi connectivity index (χ1n) is 9.99. The maximum absolute atomic E-state index is 12.7. The molecule has 8 heteroatoms. The van der Waals surface area contributed by atoms with Crippen LogP contribution in [0, 0.1) is 20.8 Å². The first-order chi connectivity index (χ1) is 15.1. The number of amides is 1. The van der Waals surface area contributed by atoms with Gasteiger partial charge in [0.2, 0.25) is 5.91 Å². The molecule has 0 aromatic heterocycles. The Balaban J connectivity index is 1.60. The Morgan fingerprint density at radius 1 is 0.906 bits per heavy atom. The van der Waals surface area contributed by atoms with E-state index in [0.29, 0.717) is 11.4 Å². The normalized spacial score (nSPS) is 11.0. The van der Waals surface area contributed by atoms with E-state index in [1.165, 1.54) is 12.1 Å². The van der Waals surface area contributed by atoms with Gasteiger partial charge in [0.05, 0.1) is 17.0 Å². The van der Waals surface area contributed by atoms with Crippen molar-refractivity contribution in [3.8, 4) is 0 Å². The topological polar surface area (TPSA) is 87.3 Å². The highest BCUT2D eigenvalue weighted by Crippen LogP contribution is 2.22. The minimum Gasteiger partial charge on any atom is -0.332 e. The van der Waals surface area contributed by atoms with Crippen LogP contribution in [0.1, 0.15) is 22.3 Å². The lowest BCUT2D eigenvalue weighted by molar-refractivity contribution is -0.119. The predicted molar refractivity (Wildman–Crippen MR) is 132 cm³/mol. The van der Waals surface area contributed by atoms with Gasteiger partial charge in [0.25, 0.3) is 10.0 Å². The molecule has 32 heavy (non-hydrogen) atoms. The highest BCUT2D eigenvalue weighted by Gasteiger charge is 2.15. The van der Waals surface area contributed by atoms with E-state index in [-0.39, 0.29) is 22.3 Å². The minimum absolute atomic E-state index is 0.123. The Hall–Kier alpha value is -3.23. The third kappa shape index (κ3) is 6.15. The molecular weight excluding hydrogens is 442 g/mol. The highest BCUT2D eigenvalue weighted by atomic mass is 32.2. The SMILES string of the molecule is Cc1ccc(NS(=O)(=O)c2ccc(NC(=S)NC(=O)Cc3ccccc3C)cc2)c(C)c1. The lowest BCUT2D eigenvalue weighted by atomic mass is 10.1. The Bertz CT molecular complexity index is 1250. The summed E-state index contributed by atoms with van der Waals surface area (Å²) in [6, 6.07) is 19.3. The maximum Gasteiger partial charge on any atom is 0.261 e. The van der Waals surface area contributed by atoms with E-state index in [4.69, 9.17) is 12.2 Å². The monoisotopic (exact) mass is 467 g/mol. The van der Waals surface area contributed by atoms with Gasteiger partial charge in [-0.05, 0) is 80.0 Å². The highest BCUT2D eigenvalue weighted by molar-refractivity contribution is 7.92. The molecule has 0 aliphatic rings. The summed E-state index contributed by atoms with van der Waals surface area (Å²) in [6.07, 6.45) is 0.218. The second-order valence-corrected chi connectivity index (χ2v) is 9.64. The lowest BCUT2D eigenvalue weighted by Gasteiger charge is -2.13. The molecule has 3 N–H and O–H groups in total. The number of thiocarbonyl (C=S) groups is 1. The second kappa shape index (κ2) is 9.93. The lowest BCUT2D eigenvalue weighted by Crippen LogP contribution is -2.35. The first kappa shape index (κ1) is 23.4. The van der Waals surface area contributed by atoms with Gasteiger partial charge < -0.3 is 10.6 Å². The summed E-state index contributed by atoms with van der Waals surface area (Å²) in [5.41, 5.74) is 4.97. The van der Waals surface area contributed by atoms with E-state index in [1.54, 1.807) is 18.2 Å². The van der Waals surface area contributed by atoms with Crippen LogP contribution in [0.15, 0.2) is 71.6 Å². The average molecular weight is 468 g/mol. The zero-order chi connectivity index (χ0) is 23.3. The molecule has 0 radical (unpaired) electrons. The van der Waals surface area contributed by atoms with Crippen molar-refractivity contribution in [1.82, 2.24) is 5.32 Å². The third-order valence-corrected chi connectivity index (χ3v) is 6.50. The average Bonchev–Trinajstić information content (AvgIpc) is 2.72. The summed E-state index contributed by atoms with van der Waals surface area (Å²) >= 11 is 5.21. The largest absolute Gasteiger partial charge is 0.332 e. The van der Waals surface area contributed by atoms with Crippen molar-refractivity contribution in [2.45, 2.75) is 32.1 Å². The van der Waals surface area contributed by atoms with Crippen LogP contribution in [0.5, 0.6) is 0 Å². The summed E-state index contributed by atoms with van der Waals surface area (Å²) in [6.45, 7) is 5.75. The van der Waals surface area contributed by atoms with Crippen molar-refractivity contribution < 1.29 is 13.2 Å². The number of hydrogen-bond donors (Lipinski definition) is 3. The molecule has 0 aliphatic carbocycles. The van der Waals surface area contributed by atoms with Crippen molar-refractivity contribution in [1.29, 1.82) is 0 Å². The van der Waals surface area contributed by atoms with Crippen LogP contribution in [-0.2, 0) is 21.2 Å². The molecular formula is C24H25N3O3S2. The molecule has 3 aromatic carbocycles. The molecule has 0 saturated heterocycles. The van der Waals surface area contributed by atoms with E-state index in [0.717, 1.165) is 22.3 Å². The van der Waals surface area contributed by atoms with Crippen molar-refractivity contribution >= 4 is 44.6 Å². The van der Waals surface area contributed by atoms with Crippen LogP contribution in [-0.4, -0.2) is 19.4 Å². The second-order valence-electron chi connectivity index (χ2n) is 7.55. The molecule has 6 nitrogen and oxygen atoms in total. The smallest absolute Gasteiger partial charge is 0.261 e. The molecule has 1 amide bonds. The standard InChI is InChI=1S/C24H25N3O3S2/c1-16-8-13-22(18(3)14-16)27-32(29,30)21-11-9-20(10-12-21)25-24(31)26-23(28)15-19-7-5-4-6-17(19)2/h4-14,27H,15H2,1-3H3,(H2,25,26,28,31). The molecule has 0 fully saturated rings. The van der Waals surface area contributed by atoms with Crippen molar-refractivity contribution in [2.24, 2.45) is 0 Å². The van der Waals surface area contributed by atoms with Crippen LogP contribution >= 0.6 is 12.2 Å². The quantitative estimate of drug-likeness (QED) is 0.466. The van der Waals surface area contributed by atoms with E-state index in [1.807, 2.05) is 57.2 Å². The van der Waals surface area contributed by atoms with Crippen LogP contribution in [0.25, 0.3) is 0 Å². The van der Waals surface area contributed by atoms with Gasteiger partial charge in [-0.1, -0.05) is 42.0 Å². The van der Waals surface area contributed by atoms with Gasteiger partial charge in [0.15, 0.2) is 5.11 Å². The van der Waals surface area contributed by atoms with Gasteiger partial charge in [-0.2, -0.15) is 0 Å². The van der Waals surface area contributed by atoms with Crippen molar-refractivity contribution in [2.75, 3.05) is 10.0 Å². The number of aryl methyl sites for hydroxylation is 3. The molecule has 0 spiro atoms. The Morgan fingerprint density at radius 3 is 2.25 bits per heavy atom. The molecule has 0 aliphatic heterocycles. The van der Waals surface area contributed by atoms with Gasteiger partial charge in [-0.3, -0.25) is 9.52 Å². The van der Waals surface area contributed by atoms with Crippen LogP contribution < -0.4 is 15.4 Å². The van der Waals surface area contributed by atoms with E-state index in [9.17, 15) is 13.2 Å². The number of anilines is 2. The van der Waals surface area contributed by atoms with Crippen LogP contribution in [0.4, 0.5) is 11.4 Å². The number of rotatable bonds is 6. The molecule has 0 saturated carbocycles. The third-order valence-electron chi connectivity index (χ3n) is 4.91. The van der Waals surface area contributed by atoms with Crippen molar-refractivity contribution in [3.63, 3.8) is 0 Å². The summed E-state index contributed by atoms with van der Waals surface area (Å²) < 4.78 is 28.0. The van der Waals surface area contributed by atoms with E-state index < -0.39 is 10.0 Å². The molecule has 0 atom stereocenters. The number of carbonyl (C=O) groups is 1. The Labute approximate surface area is 194 Å². The van der Waals surface area contributed by atoms with E-state index >= 15 is 0 Å². The summed E-state index contributed by atoms with van der Waals surface area (Å²) in [7, 11) is -3.73. The zero-order valence-electron chi connectivity index (χ0n) is 18.1. The van der Waals surface area contributed by atoms with Gasteiger partial charge in [0, 0.05) is 5.69 Å². The Morgan fingerprint density at radius 2 is 1.59 bits per heavy atom.